The number of hydrogen-bond donors (Lipinski definition) is 1. The predicted octanol–water partition coefficient (Wildman–Crippen LogP) is 3.94. The summed E-state index contributed by atoms with van der Waals surface area (Å²) < 4.78 is 6.93. The first-order valence-corrected chi connectivity index (χ1v) is 8.95. The molecule has 1 saturated heterocycles. The average molecular weight is 426 g/mol. The molecule has 1 amide bonds. The lowest BCUT2D eigenvalue weighted by Gasteiger charge is -2.33. The van der Waals surface area contributed by atoms with E-state index in [1.807, 2.05) is 59.5 Å². The van der Waals surface area contributed by atoms with Gasteiger partial charge in [0, 0.05) is 24.7 Å². The third-order valence-electron chi connectivity index (χ3n) is 4.18. The fourth-order valence-corrected chi connectivity index (χ4v) is 3.31. The zero-order valence-electron chi connectivity index (χ0n) is 13.8. The van der Waals surface area contributed by atoms with Crippen molar-refractivity contribution in [2.75, 3.05) is 13.1 Å². The first-order chi connectivity index (χ1) is 11.6. The number of carbonyl (C=O) groups is 1. The average Bonchev–Trinajstić information content (AvgIpc) is 2.61. The van der Waals surface area contributed by atoms with Gasteiger partial charge in [0.15, 0.2) is 0 Å². The number of hydrogen-bond acceptors (Lipinski definition) is 3. The Labute approximate surface area is 162 Å². The van der Waals surface area contributed by atoms with Gasteiger partial charge < -0.3 is 15.4 Å². The van der Waals surface area contributed by atoms with Crippen LogP contribution in [-0.2, 0) is 4.79 Å². The molecule has 134 valence electrons. The number of ether oxygens (including phenoxy) is 1. The molecule has 6 heteroatoms. The number of carbonyl (C=O) groups excluding carboxylic acids is 1. The molecule has 0 aliphatic carbocycles. The second-order valence-electron chi connectivity index (χ2n) is 6.03. The molecule has 3 rings (SSSR count). The number of benzene rings is 2. The van der Waals surface area contributed by atoms with Gasteiger partial charge in [-0.25, -0.2) is 0 Å². The van der Waals surface area contributed by atoms with Crippen LogP contribution in [0.3, 0.4) is 0 Å². The lowest BCUT2D eigenvalue weighted by Crippen LogP contribution is -2.48. The molecule has 4 nitrogen and oxygen atoms in total. The molecule has 2 atom stereocenters. The van der Waals surface area contributed by atoms with Crippen LogP contribution in [-0.4, -0.2) is 29.9 Å². The predicted molar refractivity (Wildman–Crippen MR) is 105 cm³/mol. The Kier molecular flexibility index (Phi) is 7.29. The summed E-state index contributed by atoms with van der Waals surface area (Å²) in [6.45, 7) is 1.32. The van der Waals surface area contributed by atoms with Gasteiger partial charge in [0.25, 0.3) is 5.91 Å². The molecule has 2 aromatic rings. The summed E-state index contributed by atoms with van der Waals surface area (Å²) in [6, 6.07) is 17.2. The fraction of sp³-hybridized carbons (Fsp3) is 0.316. The van der Waals surface area contributed by atoms with Gasteiger partial charge in [-0.3, -0.25) is 4.79 Å². The van der Waals surface area contributed by atoms with Crippen molar-refractivity contribution in [2.45, 2.75) is 25.0 Å². The lowest BCUT2D eigenvalue weighted by molar-refractivity contribution is -0.140. The van der Waals surface area contributed by atoms with Gasteiger partial charge in [-0.1, -0.05) is 42.5 Å². The number of rotatable bonds is 4. The number of piperidine rings is 1. The molecule has 25 heavy (non-hydrogen) atoms. The van der Waals surface area contributed by atoms with Gasteiger partial charge in [-0.2, -0.15) is 0 Å². The van der Waals surface area contributed by atoms with E-state index in [2.05, 4.69) is 15.9 Å². The zero-order valence-corrected chi connectivity index (χ0v) is 16.2. The molecule has 1 aliphatic heterocycles. The van der Waals surface area contributed by atoms with E-state index in [0.717, 1.165) is 29.4 Å². The number of likely N-dealkylation sites (tertiary alicyclic amines) is 1. The maximum Gasteiger partial charge on any atom is 0.268 e. The van der Waals surface area contributed by atoms with Crippen LogP contribution in [0.5, 0.6) is 5.75 Å². The van der Waals surface area contributed by atoms with Crippen LogP contribution in [0.25, 0.3) is 0 Å². The van der Waals surface area contributed by atoms with E-state index in [4.69, 9.17) is 10.5 Å². The van der Waals surface area contributed by atoms with Crippen molar-refractivity contribution in [3.05, 3.63) is 64.6 Å². The van der Waals surface area contributed by atoms with Crippen LogP contribution in [0.2, 0.25) is 0 Å². The Balaban J connectivity index is 0.00000225. The van der Waals surface area contributed by atoms with Crippen molar-refractivity contribution in [3.63, 3.8) is 0 Å². The molecule has 0 saturated carbocycles. The van der Waals surface area contributed by atoms with Crippen LogP contribution in [0.15, 0.2) is 59.1 Å². The minimum atomic E-state index is -0.671. The number of nitrogens with two attached hydrogens (primary N) is 1. The van der Waals surface area contributed by atoms with Crippen molar-refractivity contribution in [3.8, 4) is 5.75 Å². The standard InChI is InChI=1S/C19H21BrN2O2.ClH/c20-16-10-4-5-11-17(16)24-18(14-7-2-1-3-8-14)19(23)22-12-6-9-15(21)13-22;/h1-5,7-8,10-11,15,18H,6,9,12-13,21H2;1H. The largest absolute Gasteiger partial charge is 0.475 e. The maximum absolute atomic E-state index is 13.1. The third kappa shape index (κ3) is 4.97. The van der Waals surface area contributed by atoms with Gasteiger partial charge >= 0.3 is 0 Å². The highest BCUT2D eigenvalue weighted by molar-refractivity contribution is 9.10. The van der Waals surface area contributed by atoms with Crippen LogP contribution < -0.4 is 10.5 Å². The first kappa shape index (κ1) is 19.8. The van der Waals surface area contributed by atoms with E-state index >= 15 is 0 Å². The van der Waals surface area contributed by atoms with Crippen molar-refractivity contribution in [2.24, 2.45) is 5.73 Å². The highest BCUT2D eigenvalue weighted by Crippen LogP contribution is 2.30. The molecule has 1 heterocycles. The number of halogens is 2. The highest BCUT2D eigenvalue weighted by atomic mass is 79.9. The Morgan fingerprint density at radius 3 is 2.52 bits per heavy atom. The third-order valence-corrected chi connectivity index (χ3v) is 4.83. The van der Waals surface area contributed by atoms with Gasteiger partial charge in [-0.05, 0) is 40.9 Å². The van der Waals surface area contributed by atoms with E-state index in [-0.39, 0.29) is 24.4 Å². The zero-order chi connectivity index (χ0) is 16.9. The van der Waals surface area contributed by atoms with Crippen molar-refractivity contribution in [1.82, 2.24) is 4.90 Å². The van der Waals surface area contributed by atoms with Gasteiger partial charge in [0.2, 0.25) is 6.10 Å². The van der Waals surface area contributed by atoms with Gasteiger partial charge in [0.05, 0.1) is 4.47 Å². The summed E-state index contributed by atoms with van der Waals surface area (Å²) >= 11 is 3.48. The molecule has 1 aliphatic rings. The van der Waals surface area contributed by atoms with Crippen LogP contribution in [0.4, 0.5) is 0 Å². The van der Waals surface area contributed by atoms with E-state index in [1.165, 1.54) is 0 Å². The number of para-hydroxylation sites is 1. The second kappa shape index (κ2) is 9.22. The molecule has 2 aromatic carbocycles. The van der Waals surface area contributed by atoms with E-state index in [9.17, 15) is 4.79 Å². The molecule has 2 N–H and O–H groups in total. The Morgan fingerprint density at radius 1 is 1.16 bits per heavy atom. The molecule has 2 unspecified atom stereocenters. The van der Waals surface area contributed by atoms with Gasteiger partial charge in [0.1, 0.15) is 5.75 Å². The summed E-state index contributed by atoms with van der Waals surface area (Å²) in [7, 11) is 0. The molecule has 0 aromatic heterocycles. The van der Waals surface area contributed by atoms with Crippen LogP contribution in [0.1, 0.15) is 24.5 Å². The van der Waals surface area contributed by atoms with E-state index in [1.54, 1.807) is 0 Å². The molecule has 1 fully saturated rings. The summed E-state index contributed by atoms with van der Waals surface area (Å²) in [5.74, 6) is 0.619. The molecule has 0 spiro atoms. The maximum atomic E-state index is 13.1. The van der Waals surface area contributed by atoms with Crippen molar-refractivity contribution < 1.29 is 9.53 Å². The summed E-state index contributed by atoms with van der Waals surface area (Å²) in [6.07, 6.45) is 1.23. The minimum absolute atomic E-state index is 0. The van der Waals surface area contributed by atoms with Crippen LogP contribution >= 0.6 is 28.3 Å². The first-order valence-electron chi connectivity index (χ1n) is 8.15. The Bertz CT molecular complexity index is 699. The molecular weight excluding hydrogens is 404 g/mol. The Morgan fingerprint density at radius 2 is 1.84 bits per heavy atom. The number of amides is 1. The molecule has 0 bridgehead atoms. The van der Waals surface area contributed by atoms with E-state index < -0.39 is 6.10 Å². The normalized spacial score (nSPS) is 18.2. The minimum Gasteiger partial charge on any atom is -0.475 e. The van der Waals surface area contributed by atoms with Gasteiger partial charge in [-0.15, -0.1) is 12.4 Å². The lowest BCUT2D eigenvalue weighted by atomic mass is 10.0. The van der Waals surface area contributed by atoms with Crippen molar-refractivity contribution in [1.29, 1.82) is 0 Å². The van der Waals surface area contributed by atoms with Crippen LogP contribution in [0, 0.1) is 0 Å². The summed E-state index contributed by atoms with van der Waals surface area (Å²) in [5.41, 5.74) is 6.88. The SMILES string of the molecule is Cl.NC1CCCN(C(=O)C(Oc2ccccc2Br)c2ccccc2)C1. The topological polar surface area (TPSA) is 55.6 Å². The summed E-state index contributed by atoms with van der Waals surface area (Å²) in [5, 5.41) is 0. The highest BCUT2D eigenvalue weighted by Gasteiger charge is 2.30. The van der Waals surface area contributed by atoms with Crippen molar-refractivity contribution >= 4 is 34.2 Å². The second-order valence-corrected chi connectivity index (χ2v) is 6.88. The molecular formula is C19H22BrClN2O2. The Hall–Kier alpha value is -1.56. The summed E-state index contributed by atoms with van der Waals surface area (Å²) in [4.78, 5) is 14.9. The monoisotopic (exact) mass is 424 g/mol. The smallest absolute Gasteiger partial charge is 0.268 e. The fourth-order valence-electron chi connectivity index (χ4n) is 2.93. The number of nitrogens with zero attached hydrogens (tertiary/aromatic N) is 1. The van der Waals surface area contributed by atoms with E-state index in [0.29, 0.717) is 12.3 Å². The quantitative estimate of drug-likeness (QED) is 0.807. The molecule has 0 radical (unpaired) electrons.